The van der Waals surface area contributed by atoms with E-state index in [0.717, 1.165) is 62.3 Å². The van der Waals surface area contributed by atoms with E-state index in [4.69, 9.17) is 4.74 Å². The van der Waals surface area contributed by atoms with Crippen LogP contribution in [0.5, 0.6) is 5.75 Å². The molecule has 0 saturated heterocycles. The fourth-order valence-corrected chi connectivity index (χ4v) is 3.31. The smallest absolute Gasteiger partial charge is 0.191 e. The number of aromatic nitrogens is 3. The molecular weight excluding hydrogens is 352 g/mol. The molecule has 0 saturated carbocycles. The Labute approximate surface area is 167 Å². The minimum Gasteiger partial charge on any atom is -0.493 e. The van der Waals surface area contributed by atoms with Crippen molar-refractivity contribution in [2.24, 2.45) is 10.9 Å². The maximum absolute atomic E-state index is 5.74. The maximum atomic E-state index is 5.74. The lowest BCUT2D eigenvalue weighted by molar-refractivity contribution is 0.271. The van der Waals surface area contributed by atoms with Gasteiger partial charge >= 0.3 is 0 Å². The van der Waals surface area contributed by atoms with Crippen molar-refractivity contribution in [2.75, 3.05) is 20.2 Å². The van der Waals surface area contributed by atoms with E-state index < -0.39 is 0 Å². The van der Waals surface area contributed by atoms with Crippen LogP contribution in [0.15, 0.2) is 29.3 Å². The lowest BCUT2D eigenvalue weighted by atomic mass is 10.1. The van der Waals surface area contributed by atoms with Crippen LogP contribution in [0.1, 0.15) is 49.9 Å². The van der Waals surface area contributed by atoms with Crippen molar-refractivity contribution in [1.82, 2.24) is 25.4 Å². The van der Waals surface area contributed by atoms with E-state index in [9.17, 15) is 0 Å². The van der Waals surface area contributed by atoms with Gasteiger partial charge < -0.3 is 15.4 Å². The molecule has 1 aromatic carbocycles. The van der Waals surface area contributed by atoms with Gasteiger partial charge in [0.1, 0.15) is 17.4 Å². The van der Waals surface area contributed by atoms with Gasteiger partial charge in [-0.2, -0.15) is 5.10 Å². The summed E-state index contributed by atoms with van der Waals surface area (Å²) in [7, 11) is 1.80. The SMILES string of the molecule is CN=C(NCCc1ccc(OCC(C)C)cc1)NC1CCCn2nc(C)nc21. The topological polar surface area (TPSA) is 76.4 Å². The molecule has 1 aliphatic heterocycles. The van der Waals surface area contributed by atoms with Gasteiger partial charge in [-0.15, -0.1) is 0 Å². The number of nitrogens with one attached hydrogen (secondary N) is 2. The summed E-state index contributed by atoms with van der Waals surface area (Å²) in [5.74, 6) is 4.09. The summed E-state index contributed by atoms with van der Waals surface area (Å²) in [6.45, 7) is 8.74. The number of aryl methyl sites for hydroxylation is 2. The molecule has 28 heavy (non-hydrogen) atoms. The van der Waals surface area contributed by atoms with Crippen LogP contribution >= 0.6 is 0 Å². The van der Waals surface area contributed by atoms with Gasteiger partial charge in [0, 0.05) is 20.1 Å². The van der Waals surface area contributed by atoms with Crippen LogP contribution in [0.4, 0.5) is 0 Å². The molecule has 0 amide bonds. The van der Waals surface area contributed by atoms with Gasteiger partial charge in [-0.3, -0.25) is 4.99 Å². The summed E-state index contributed by atoms with van der Waals surface area (Å²) < 4.78 is 7.75. The van der Waals surface area contributed by atoms with Gasteiger partial charge in [0.05, 0.1) is 12.6 Å². The Morgan fingerprint density at radius 2 is 2.11 bits per heavy atom. The number of guanidine groups is 1. The Hall–Kier alpha value is -2.57. The summed E-state index contributed by atoms with van der Waals surface area (Å²) in [6, 6.07) is 8.49. The van der Waals surface area contributed by atoms with E-state index in [0.29, 0.717) is 5.92 Å². The first-order valence-corrected chi connectivity index (χ1v) is 10.2. The molecule has 2 aromatic rings. The fourth-order valence-electron chi connectivity index (χ4n) is 3.31. The average molecular weight is 385 g/mol. The molecule has 2 N–H and O–H groups in total. The van der Waals surface area contributed by atoms with Crippen LogP contribution in [0.25, 0.3) is 0 Å². The highest BCUT2D eigenvalue weighted by Crippen LogP contribution is 2.22. The normalized spacial score (nSPS) is 16.8. The third kappa shape index (κ3) is 5.47. The average Bonchev–Trinajstić information content (AvgIpc) is 3.07. The zero-order valence-electron chi connectivity index (χ0n) is 17.4. The summed E-state index contributed by atoms with van der Waals surface area (Å²) in [5, 5.41) is 11.4. The van der Waals surface area contributed by atoms with Crippen LogP contribution in [-0.4, -0.2) is 40.9 Å². The third-order valence-corrected chi connectivity index (χ3v) is 4.73. The summed E-state index contributed by atoms with van der Waals surface area (Å²) in [6.07, 6.45) is 3.05. The van der Waals surface area contributed by atoms with Crippen molar-refractivity contribution in [2.45, 2.75) is 52.6 Å². The highest BCUT2D eigenvalue weighted by molar-refractivity contribution is 5.80. The first-order valence-electron chi connectivity index (χ1n) is 10.2. The predicted molar refractivity (Wildman–Crippen MR) is 112 cm³/mol. The van der Waals surface area contributed by atoms with Crippen molar-refractivity contribution < 1.29 is 4.74 Å². The molecule has 1 aromatic heterocycles. The van der Waals surface area contributed by atoms with E-state index in [1.165, 1.54) is 5.56 Å². The molecule has 2 heterocycles. The van der Waals surface area contributed by atoms with E-state index in [1.54, 1.807) is 7.05 Å². The van der Waals surface area contributed by atoms with Crippen LogP contribution in [0.3, 0.4) is 0 Å². The quantitative estimate of drug-likeness (QED) is 0.567. The summed E-state index contributed by atoms with van der Waals surface area (Å²) >= 11 is 0. The standard InChI is InChI=1S/C21H32N6O/c1-15(2)14-28-18-9-7-17(8-10-18)11-12-23-21(22-4)25-19-6-5-13-27-20(19)24-16(3)26-27/h7-10,15,19H,5-6,11-14H2,1-4H3,(H2,22,23,25). The van der Waals surface area contributed by atoms with Crippen LogP contribution in [0, 0.1) is 12.8 Å². The summed E-state index contributed by atoms with van der Waals surface area (Å²) in [5.41, 5.74) is 1.27. The Morgan fingerprint density at radius 3 is 2.82 bits per heavy atom. The monoisotopic (exact) mass is 384 g/mol. The molecule has 0 fully saturated rings. The first kappa shape index (κ1) is 20.2. The van der Waals surface area contributed by atoms with Gasteiger partial charge in [0.15, 0.2) is 5.96 Å². The number of aliphatic imine (C=N–C) groups is 1. The van der Waals surface area contributed by atoms with Gasteiger partial charge in [0.25, 0.3) is 0 Å². The predicted octanol–water partition coefficient (Wildman–Crippen LogP) is 2.86. The second-order valence-corrected chi connectivity index (χ2v) is 7.68. The van der Waals surface area contributed by atoms with Crippen LogP contribution in [-0.2, 0) is 13.0 Å². The second kappa shape index (κ2) is 9.57. The summed E-state index contributed by atoms with van der Waals surface area (Å²) in [4.78, 5) is 8.94. The Bertz CT molecular complexity index is 781. The molecule has 0 spiro atoms. The molecule has 152 valence electrons. The van der Waals surface area contributed by atoms with E-state index >= 15 is 0 Å². The first-order chi connectivity index (χ1) is 13.5. The van der Waals surface area contributed by atoms with Crippen molar-refractivity contribution >= 4 is 5.96 Å². The molecule has 3 rings (SSSR count). The van der Waals surface area contributed by atoms with E-state index in [-0.39, 0.29) is 6.04 Å². The molecule has 1 unspecified atom stereocenters. The van der Waals surface area contributed by atoms with Gasteiger partial charge in [-0.05, 0) is 49.8 Å². The molecule has 0 aliphatic carbocycles. The van der Waals surface area contributed by atoms with Crippen LogP contribution < -0.4 is 15.4 Å². The minimum atomic E-state index is 0.151. The number of ether oxygens (including phenoxy) is 1. The highest BCUT2D eigenvalue weighted by Gasteiger charge is 2.24. The largest absolute Gasteiger partial charge is 0.493 e. The van der Waals surface area contributed by atoms with Crippen molar-refractivity contribution in [3.63, 3.8) is 0 Å². The number of hydrogen-bond acceptors (Lipinski definition) is 4. The number of hydrogen-bond donors (Lipinski definition) is 2. The Kier molecular flexibility index (Phi) is 6.90. The zero-order valence-corrected chi connectivity index (χ0v) is 17.4. The molecule has 0 bridgehead atoms. The van der Waals surface area contributed by atoms with E-state index in [2.05, 4.69) is 51.7 Å². The number of rotatable bonds is 7. The Balaban J connectivity index is 1.47. The fraction of sp³-hybridized carbons (Fsp3) is 0.571. The van der Waals surface area contributed by atoms with Gasteiger partial charge in [0.2, 0.25) is 0 Å². The minimum absolute atomic E-state index is 0.151. The number of benzene rings is 1. The highest BCUT2D eigenvalue weighted by atomic mass is 16.5. The van der Waals surface area contributed by atoms with E-state index in [1.807, 2.05) is 23.7 Å². The molecule has 0 radical (unpaired) electrons. The van der Waals surface area contributed by atoms with Gasteiger partial charge in [-0.1, -0.05) is 26.0 Å². The molecule has 7 heteroatoms. The lowest BCUT2D eigenvalue weighted by Gasteiger charge is -2.25. The molecular formula is C21H32N6O. The second-order valence-electron chi connectivity index (χ2n) is 7.68. The third-order valence-electron chi connectivity index (χ3n) is 4.73. The molecule has 1 aliphatic rings. The van der Waals surface area contributed by atoms with Crippen molar-refractivity contribution in [3.8, 4) is 5.75 Å². The van der Waals surface area contributed by atoms with Crippen LogP contribution in [0.2, 0.25) is 0 Å². The van der Waals surface area contributed by atoms with Gasteiger partial charge in [-0.25, -0.2) is 9.67 Å². The Morgan fingerprint density at radius 1 is 1.32 bits per heavy atom. The number of nitrogens with zero attached hydrogens (tertiary/aromatic N) is 4. The number of fused-ring (bicyclic) bond motifs is 1. The molecule has 1 atom stereocenters. The lowest BCUT2D eigenvalue weighted by Crippen LogP contribution is -2.42. The maximum Gasteiger partial charge on any atom is 0.191 e. The molecule has 7 nitrogen and oxygen atoms in total. The van der Waals surface area contributed by atoms with Crippen molar-refractivity contribution in [1.29, 1.82) is 0 Å². The zero-order chi connectivity index (χ0) is 19.9. The van der Waals surface area contributed by atoms with Crippen molar-refractivity contribution in [3.05, 3.63) is 41.5 Å².